The zero-order chi connectivity index (χ0) is 18.5. The van der Waals surface area contributed by atoms with Gasteiger partial charge >= 0.3 is 0 Å². The van der Waals surface area contributed by atoms with Gasteiger partial charge in [0.1, 0.15) is 0 Å². The van der Waals surface area contributed by atoms with E-state index in [9.17, 15) is 9.90 Å². The summed E-state index contributed by atoms with van der Waals surface area (Å²) in [6.07, 6.45) is 5.48. The molecule has 4 fully saturated rings. The molecular weight excluding hydrogens is 334 g/mol. The van der Waals surface area contributed by atoms with Crippen LogP contribution in [0.4, 0.5) is 0 Å². The van der Waals surface area contributed by atoms with E-state index in [1.165, 1.54) is 6.42 Å². The molecule has 2 unspecified atom stereocenters. The normalized spacial score (nSPS) is 34.0. The van der Waals surface area contributed by atoms with E-state index >= 15 is 0 Å². The van der Waals surface area contributed by atoms with Gasteiger partial charge in [-0.15, -0.1) is 0 Å². The minimum atomic E-state index is -0.615. The molecule has 2 aromatic carbocycles. The molecule has 4 saturated carbocycles. The SMILES string of the molecule is O=C(NC(c1ccccc1)c1ccccc1)C12CC3CC(CC(O)(C3)C1)C2. The minimum Gasteiger partial charge on any atom is -0.390 e. The molecule has 0 aromatic heterocycles. The lowest BCUT2D eigenvalue weighted by atomic mass is 9.47. The molecular formula is C24H27NO2. The fraction of sp³-hybridized carbons (Fsp3) is 0.458. The number of aliphatic hydroxyl groups is 1. The second-order valence-corrected chi connectivity index (χ2v) is 9.19. The first-order valence-electron chi connectivity index (χ1n) is 10.2. The molecule has 0 aliphatic heterocycles. The van der Waals surface area contributed by atoms with E-state index in [-0.39, 0.29) is 17.4 Å². The van der Waals surface area contributed by atoms with Crippen LogP contribution in [0, 0.1) is 17.3 Å². The molecule has 2 atom stereocenters. The average molecular weight is 361 g/mol. The van der Waals surface area contributed by atoms with E-state index in [1.54, 1.807) is 0 Å². The Hall–Kier alpha value is -2.13. The van der Waals surface area contributed by atoms with Crippen molar-refractivity contribution in [3.8, 4) is 0 Å². The molecule has 0 heterocycles. The van der Waals surface area contributed by atoms with Crippen molar-refractivity contribution in [1.82, 2.24) is 5.32 Å². The highest BCUT2D eigenvalue weighted by atomic mass is 16.3. The van der Waals surface area contributed by atoms with Gasteiger partial charge in [0.25, 0.3) is 0 Å². The lowest BCUT2D eigenvalue weighted by Gasteiger charge is -2.59. The topological polar surface area (TPSA) is 49.3 Å². The quantitative estimate of drug-likeness (QED) is 0.856. The fourth-order valence-electron chi connectivity index (χ4n) is 6.41. The molecule has 0 radical (unpaired) electrons. The summed E-state index contributed by atoms with van der Waals surface area (Å²) < 4.78 is 0. The highest BCUT2D eigenvalue weighted by molar-refractivity contribution is 5.84. The van der Waals surface area contributed by atoms with Crippen LogP contribution in [0.5, 0.6) is 0 Å². The summed E-state index contributed by atoms with van der Waals surface area (Å²) in [5.74, 6) is 1.15. The van der Waals surface area contributed by atoms with E-state index in [0.717, 1.165) is 36.8 Å². The van der Waals surface area contributed by atoms with Crippen molar-refractivity contribution >= 4 is 5.91 Å². The van der Waals surface area contributed by atoms with Gasteiger partial charge in [0, 0.05) is 0 Å². The van der Waals surface area contributed by atoms with Crippen molar-refractivity contribution in [2.45, 2.75) is 50.2 Å². The number of carbonyl (C=O) groups excluding carboxylic acids is 1. The van der Waals surface area contributed by atoms with Gasteiger partial charge in [-0.2, -0.15) is 0 Å². The predicted molar refractivity (Wildman–Crippen MR) is 105 cm³/mol. The van der Waals surface area contributed by atoms with Crippen LogP contribution < -0.4 is 5.32 Å². The first-order chi connectivity index (χ1) is 13.1. The second kappa shape index (κ2) is 6.20. The van der Waals surface area contributed by atoms with Crippen molar-refractivity contribution in [2.75, 3.05) is 0 Å². The van der Waals surface area contributed by atoms with Gasteiger partial charge in [-0.25, -0.2) is 0 Å². The fourth-order valence-corrected chi connectivity index (χ4v) is 6.41. The van der Waals surface area contributed by atoms with Crippen molar-refractivity contribution in [3.63, 3.8) is 0 Å². The Labute approximate surface area is 160 Å². The zero-order valence-electron chi connectivity index (χ0n) is 15.6. The van der Waals surface area contributed by atoms with Crippen LogP contribution in [-0.4, -0.2) is 16.6 Å². The highest BCUT2D eigenvalue weighted by Gasteiger charge is 2.60. The van der Waals surface area contributed by atoms with Crippen molar-refractivity contribution < 1.29 is 9.90 Å². The Bertz CT molecular complexity index is 778. The minimum absolute atomic E-state index is 0.132. The number of benzene rings is 2. The summed E-state index contributed by atoms with van der Waals surface area (Å²) in [6.45, 7) is 0. The van der Waals surface area contributed by atoms with Crippen molar-refractivity contribution in [3.05, 3.63) is 71.8 Å². The number of hydrogen-bond donors (Lipinski definition) is 2. The number of rotatable bonds is 4. The van der Waals surface area contributed by atoms with Crippen LogP contribution >= 0.6 is 0 Å². The van der Waals surface area contributed by atoms with Crippen LogP contribution in [-0.2, 0) is 4.79 Å². The van der Waals surface area contributed by atoms with Gasteiger partial charge in [-0.05, 0) is 61.5 Å². The van der Waals surface area contributed by atoms with Crippen LogP contribution in [0.15, 0.2) is 60.7 Å². The highest BCUT2D eigenvalue weighted by Crippen LogP contribution is 2.61. The third-order valence-corrected chi connectivity index (χ3v) is 7.05. The molecule has 3 heteroatoms. The summed E-state index contributed by atoms with van der Waals surface area (Å²) in [5, 5.41) is 14.4. The second-order valence-electron chi connectivity index (χ2n) is 9.19. The summed E-state index contributed by atoms with van der Waals surface area (Å²) in [5.41, 5.74) is 1.19. The third kappa shape index (κ3) is 2.98. The van der Waals surface area contributed by atoms with Gasteiger partial charge in [0.05, 0.1) is 17.1 Å². The predicted octanol–water partition coefficient (Wildman–Crippen LogP) is 4.22. The Balaban J connectivity index is 1.46. The summed E-state index contributed by atoms with van der Waals surface area (Å²) in [7, 11) is 0. The van der Waals surface area contributed by atoms with Crippen molar-refractivity contribution in [1.29, 1.82) is 0 Å². The Morgan fingerprint density at radius 1 is 0.889 bits per heavy atom. The summed E-state index contributed by atoms with van der Waals surface area (Å²) >= 11 is 0. The number of nitrogens with one attached hydrogen (secondary N) is 1. The first kappa shape index (κ1) is 17.0. The van der Waals surface area contributed by atoms with Crippen LogP contribution in [0.25, 0.3) is 0 Å². The Morgan fingerprint density at radius 2 is 1.41 bits per heavy atom. The van der Waals surface area contributed by atoms with Crippen LogP contribution in [0.3, 0.4) is 0 Å². The Morgan fingerprint density at radius 3 is 1.89 bits per heavy atom. The molecule has 3 nitrogen and oxygen atoms in total. The van der Waals surface area contributed by atoms with E-state index in [0.29, 0.717) is 18.3 Å². The molecule has 4 aliphatic rings. The average Bonchev–Trinajstić information content (AvgIpc) is 2.65. The summed E-state index contributed by atoms with van der Waals surface area (Å²) in [4.78, 5) is 13.6. The molecule has 1 amide bonds. The molecule has 0 spiro atoms. The van der Waals surface area contributed by atoms with Gasteiger partial charge < -0.3 is 10.4 Å². The standard InChI is InChI=1S/C24H27NO2/c26-22(23-12-17-11-18(13-23)15-24(27,14-17)16-23)25-21(19-7-3-1-4-8-19)20-9-5-2-6-10-20/h1-10,17-18,21,27H,11-16H2,(H,25,26). The molecule has 4 bridgehead atoms. The summed E-state index contributed by atoms with van der Waals surface area (Å²) in [6, 6.07) is 20.2. The van der Waals surface area contributed by atoms with E-state index in [2.05, 4.69) is 29.6 Å². The number of carbonyl (C=O) groups is 1. The lowest BCUT2D eigenvalue weighted by molar-refractivity contribution is -0.178. The van der Waals surface area contributed by atoms with Crippen molar-refractivity contribution in [2.24, 2.45) is 17.3 Å². The van der Waals surface area contributed by atoms with Gasteiger partial charge in [0.15, 0.2) is 0 Å². The van der Waals surface area contributed by atoms with Gasteiger partial charge in [-0.1, -0.05) is 60.7 Å². The van der Waals surface area contributed by atoms with Gasteiger partial charge in [-0.3, -0.25) is 4.79 Å². The van der Waals surface area contributed by atoms with Crippen LogP contribution in [0.2, 0.25) is 0 Å². The van der Waals surface area contributed by atoms with E-state index in [4.69, 9.17) is 0 Å². The molecule has 2 N–H and O–H groups in total. The molecule has 6 rings (SSSR count). The van der Waals surface area contributed by atoms with E-state index < -0.39 is 5.60 Å². The monoisotopic (exact) mass is 361 g/mol. The first-order valence-corrected chi connectivity index (χ1v) is 10.2. The molecule has 2 aromatic rings. The third-order valence-electron chi connectivity index (χ3n) is 7.05. The molecule has 140 valence electrons. The Kier molecular flexibility index (Phi) is 3.90. The molecule has 27 heavy (non-hydrogen) atoms. The lowest BCUT2D eigenvalue weighted by Crippen LogP contribution is -2.60. The van der Waals surface area contributed by atoms with E-state index in [1.807, 2.05) is 36.4 Å². The largest absolute Gasteiger partial charge is 0.390 e. The maximum atomic E-state index is 13.6. The number of hydrogen-bond acceptors (Lipinski definition) is 2. The smallest absolute Gasteiger partial charge is 0.227 e. The van der Waals surface area contributed by atoms with Crippen LogP contribution in [0.1, 0.15) is 55.7 Å². The zero-order valence-corrected chi connectivity index (χ0v) is 15.6. The molecule has 0 saturated heterocycles. The molecule has 4 aliphatic carbocycles. The van der Waals surface area contributed by atoms with Gasteiger partial charge in [0.2, 0.25) is 5.91 Å². The number of amides is 1. The maximum absolute atomic E-state index is 13.6. The maximum Gasteiger partial charge on any atom is 0.227 e.